The third-order valence-electron chi connectivity index (χ3n) is 14.5. The van der Waals surface area contributed by atoms with Gasteiger partial charge in [0.25, 0.3) is 0 Å². The van der Waals surface area contributed by atoms with Crippen LogP contribution in [0, 0.1) is 0 Å². The molecule has 404 valence electrons. The van der Waals surface area contributed by atoms with Crippen molar-refractivity contribution < 1.29 is 23.9 Å². The summed E-state index contributed by atoms with van der Waals surface area (Å²) in [7, 11) is 4.21. The van der Waals surface area contributed by atoms with Crippen molar-refractivity contribution in [2.45, 2.75) is 348 Å². The Kier molecular flexibility index (Phi) is 50.5. The zero-order valence-electron chi connectivity index (χ0n) is 47.1. The molecule has 0 aliphatic rings. The topological polar surface area (TPSA) is 76.2 Å². The molecule has 1 amide bonds. The Balaban J connectivity index is 5.17. The van der Waals surface area contributed by atoms with Crippen molar-refractivity contribution >= 4 is 17.8 Å². The molecule has 0 heterocycles. The number of amides is 1. The normalized spacial score (nSPS) is 11.8. The molecule has 0 saturated carbocycles. The van der Waals surface area contributed by atoms with E-state index in [0.29, 0.717) is 31.2 Å². The van der Waals surface area contributed by atoms with E-state index in [-0.39, 0.29) is 24.1 Å². The number of nitrogens with zero attached hydrogens (tertiary/aromatic N) is 2. The summed E-state index contributed by atoms with van der Waals surface area (Å²) in [6, 6.07) is 0.324. The van der Waals surface area contributed by atoms with Crippen LogP contribution >= 0.6 is 0 Å². The van der Waals surface area contributed by atoms with Crippen molar-refractivity contribution in [1.82, 2.24) is 9.80 Å². The summed E-state index contributed by atoms with van der Waals surface area (Å²) < 4.78 is 12.1. The minimum atomic E-state index is 0.0145. The Hall–Kier alpha value is -1.63. The van der Waals surface area contributed by atoms with Crippen LogP contribution in [0.2, 0.25) is 0 Å². The van der Waals surface area contributed by atoms with Gasteiger partial charge in [-0.15, -0.1) is 0 Å². The van der Waals surface area contributed by atoms with Crippen LogP contribution in [0.25, 0.3) is 0 Å². The van der Waals surface area contributed by atoms with Crippen LogP contribution in [-0.4, -0.2) is 73.1 Å². The van der Waals surface area contributed by atoms with Gasteiger partial charge in [-0.2, -0.15) is 0 Å². The monoisotopic (exact) mass is 961 g/mol. The summed E-state index contributed by atoms with van der Waals surface area (Å²) in [6.45, 7) is 13.1. The highest BCUT2D eigenvalue weighted by Gasteiger charge is 2.23. The van der Waals surface area contributed by atoms with E-state index in [1.165, 1.54) is 173 Å². The SMILES string of the molecule is CCCCCCCCCCN(C(=O)CCCN(C)C)C(CCCCCCCCC(=O)OC(CCCCCC)CCCCCC)CCCCCCCCC(=O)OC(CCCCCC)CCCCCC. The van der Waals surface area contributed by atoms with Gasteiger partial charge in [-0.1, -0.05) is 221 Å². The molecule has 0 aromatic heterocycles. The van der Waals surface area contributed by atoms with Crippen LogP contribution in [0.15, 0.2) is 0 Å². The van der Waals surface area contributed by atoms with E-state index in [2.05, 4.69) is 58.5 Å². The average molecular weight is 962 g/mol. The molecule has 0 atom stereocenters. The Morgan fingerprint density at radius 3 is 0.971 bits per heavy atom. The average Bonchev–Trinajstić information content (AvgIpc) is 3.32. The summed E-state index contributed by atoms with van der Waals surface area (Å²) in [4.78, 5) is 44.3. The van der Waals surface area contributed by atoms with E-state index in [4.69, 9.17) is 9.47 Å². The van der Waals surface area contributed by atoms with E-state index in [1.54, 1.807) is 0 Å². The summed E-state index contributed by atoms with van der Waals surface area (Å²) in [5.74, 6) is 0.396. The van der Waals surface area contributed by atoms with Gasteiger partial charge in [-0.3, -0.25) is 14.4 Å². The maximum atomic E-state index is 14.0. The zero-order chi connectivity index (χ0) is 50.0. The van der Waals surface area contributed by atoms with E-state index < -0.39 is 0 Å². The van der Waals surface area contributed by atoms with Gasteiger partial charge in [0.2, 0.25) is 5.91 Å². The molecule has 0 fully saturated rings. The lowest BCUT2D eigenvalue weighted by molar-refractivity contribution is -0.151. The van der Waals surface area contributed by atoms with Crippen LogP contribution < -0.4 is 0 Å². The summed E-state index contributed by atoms with van der Waals surface area (Å²) in [5, 5.41) is 0. The fourth-order valence-electron chi connectivity index (χ4n) is 10.00. The molecule has 0 rings (SSSR count). The van der Waals surface area contributed by atoms with Crippen LogP contribution in [0.1, 0.15) is 330 Å². The number of ether oxygens (including phenoxy) is 2. The number of esters is 2. The van der Waals surface area contributed by atoms with E-state index in [1.807, 2.05) is 0 Å². The first kappa shape index (κ1) is 66.4. The van der Waals surface area contributed by atoms with Crippen LogP contribution in [-0.2, 0) is 23.9 Å². The zero-order valence-corrected chi connectivity index (χ0v) is 47.1. The van der Waals surface area contributed by atoms with Crippen LogP contribution in [0.3, 0.4) is 0 Å². The van der Waals surface area contributed by atoms with Gasteiger partial charge in [0, 0.05) is 31.8 Å². The molecule has 0 radical (unpaired) electrons. The van der Waals surface area contributed by atoms with Crippen molar-refractivity contribution in [3.8, 4) is 0 Å². The van der Waals surface area contributed by atoms with Gasteiger partial charge in [-0.05, 0) is 111 Å². The number of unbranched alkanes of at least 4 members (excludes halogenated alkanes) is 29. The molecule has 7 heteroatoms. The molecule has 7 nitrogen and oxygen atoms in total. The van der Waals surface area contributed by atoms with E-state index in [9.17, 15) is 14.4 Å². The van der Waals surface area contributed by atoms with E-state index in [0.717, 1.165) is 116 Å². The lowest BCUT2D eigenvalue weighted by Crippen LogP contribution is -2.41. The van der Waals surface area contributed by atoms with Crippen molar-refractivity contribution in [1.29, 1.82) is 0 Å². The lowest BCUT2D eigenvalue weighted by Gasteiger charge is -2.33. The molecule has 0 N–H and O–H groups in total. The van der Waals surface area contributed by atoms with Crippen LogP contribution in [0.4, 0.5) is 0 Å². The Morgan fingerprint density at radius 1 is 0.324 bits per heavy atom. The number of carbonyl (C=O) groups excluding carboxylic acids is 3. The molecule has 0 spiro atoms. The first-order valence-electron chi connectivity index (χ1n) is 30.5. The largest absolute Gasteiger partial charge is 0.462 e. The first-order valence-corrected chi connectivity index (χ1v) is 30.5. The highest BCUT2D eigenvalue weighted by molar-refractivity contribution is 5.76. The molecule has 68 heavy (non-hydrogen) atoms. The molecule has 0 aliphatic heterocycles. The fourth-order valence-corrected chi connectivity index (χ4v) is 10.00. The number of rotatable bonds is 54. The molecular formula is C61H120N2O5. The predicted octanol–water partition coefficient (Wildman–Crippen LogP) is 18.6. The second-order valence-electron chi connectivity index (χ2n) is 21.6. The standard InChI is InChI=1S/C61H120N2O5/c1-8-13-18-23-24-29-34-43-55-63(59(64)51-44-54-62(6)7)56(45-35-30-25-27-32-41-52-60(65)67-57(47-37-19-14-9-2)48-38-20-15-10-3)46-36-31-26-28-33-42-53-61(66)68-58(49-39-21-16-11-4)50-40-22-17-12-5/h56-58H,8-55H2,1-7H3. The summed E-state index contributed by atoms with van der Waals surface area (Å²) in [5.41, 5.74) is 0. The van der Waals surface area contributed by atoms with Crippen molar-refractivity contribution in [2.75, 3.05) is 27.2 Å². The lowest BCUT2D eigenvalue weighted by atomic mass is 9.97. The highest BCUT2D eigenvalue weighted by Crippen LogP contribution is 2.23. The minimum Gasteiger partial charge on any atom is -0.462 e. The van der Waals surface area contributed by atoms with Crippen molar-refractivity contribution in [3.05, 3.63) is 0 Å². The third kappa shape index (κ3) is 44.3. The first-order chi connectivity index (χ1) is 33.2. The Morgan fingerprint density at radius 2 is 0.618 bits per heavy atom. The maximum absolute atomic E-state index is 14.0. The smallest absolute Gasteiger partial charge is 0.306 e. The quantitative estimate of drug-likeness (QED) is 0.0447. The van der Waals surface area contributed by atoms with Gasteiger partial charge < -0.3 is 19.3 Å². The van der Waals surface area contributed by atoms with Crippen LogP contribution in [0.5, 0.6) is 0 Å². The summed E-state index contributed by atoms with van der Waals surface area (Å²) >= 11 is 0. The highest BCUT2D eigenvalue weighted by atomic mass is 16.5. The van der Waals surface area contributed by atoms with Gasteiger partial charge in [-0.25, -0.2) is 0 Å². The molecule has 0 aromatic rings. The molecule has 0 bridgehead atoms. The van der Waals surface area contributed by atoms with Gasteiger partial charge >= 0.3 is 11.9 Å². The number of hydrogen-bond donors (Lipinski definition) is 0. The molecule has 0 saturated heterocycles. The number of hydrogen-bond acceptors (Lipinski definition) is 6. The van der Waals surface area contributed by atoms with E-state index >= 15 is 0 Å². The molecular weight excluding hydrogens is 841 g/mol. The molecule has 0 aromatic carbocycles. The Bertz CT molecular complexity index is 1000. The Labute approximate surface area is 425 Å². The third-order valence-corrected chi connectivity index (χ3v) is 14.5. The van der Waals surface area contributed by atoms with Gasteiger partial charge in [0.1, 0.15) is 12.2 Å². The van der Waals surface area contributed by atoms with Crippen molar-refractivity contribution in [3.63, 3.8) is 0 Å². The maximum Gasteiger partial charge on any atom is 0.306 e. The molecule has 0 aliphatic carbocycles. The fraction of sp³-hybridized carbons (Fsp3) is 0.951. The summed E-state index contributed by atoms with van der Waals surface area (Å²) in [6.07, 6.45) is 52.6. The van der Waals surface area contributed by atoms with Crippen molar-refractivity contribution in [2.24, 2.45) is 0 Å². The number of carbonyl (C=O) groups is 3. The second-order valence-corrected chi connectivity index (χ2v) is 21.6. The molecule has 0 unspecified atom stereocenters. The second kappa shape index (κ2) is 51.7. The van der Waals surface area contributed by atoms with Gasteiger partial charge in [0.15, 0.2) is 0 Å². The van der Waals surface area contributed by atoms with Gasteiger partial charge in [0.05, 0.1) is 0 Å². The minimum absolute atomic E-state index is 0.0145. The predicted molar refractivity (Wildman–Crippen MR) is 295 cm³/mol.